The number of nitrogens with two attached hydrogens (primary N) is 1. The standard InChI is InChI=1S/C13H15N5O/c1-2-5-10(14)13(19)17-11-6-3-4-7-12(11)18-9-15-8-16-18/h2-4,6-10H,1,5,14H2,(H,17,19). The SMILES string of the molecule is C=CCC(N)C(=O)Nc1ccccc1-n1cncn1. The van der Waals surface area contributed by atoms with E-state index in [1.165, 1.54) is 6.33 Å². The highest BCUT2D eigenvalue weighted by molar-refractivity contribution is 5.96. The molecule has 0 saturated carbocycles. The Hall–Kier alpha value is -2.47. The van der Waals surface area contributed by atoms with Crippen molar-refractivity contribution in [1.82, 2.24) is 14.8 Å². The number of anilines is 1. The van der Waals surface area contributed by atoms with Gasteiger partial charge >= 0.3 is 0 Å². The molecule has 0 spiro atoms. The highest BCUT2D eigenvalue weighted by Gasteiger charge is 2.14. The third kappa shape index (κ3) is 3.05. The lowest BCUT2D eigenvalue weighted by atomic mass is 10.2. The Morgan fingerprint density at radius 1 is 1.53 bits per heavy atom. The minimum Gasteiger partial charge on any atom is -0.323 e. The third-order valence-electron chi connectivity index (χ3n) is 2.58. The zero-order valence-corrected chi connectivity index (χ0v) is 10.4. The quantitative estimate of drug-likeness (QED) is 0.786. The molecule has 0 aliphatic rings. The Morgan fingerprint density at radius 3 is 3.00 bits per heavy atom. The molecule has 0 saturated heterocycles. The predicted octanol–water partition coefficient (Wildman–Crippen LogP) is 1.11. The van der Waals surface area contributed by atoms with Crippen LogP contribution in [-0.2, 0) is 4.79 Å². The fraction of sp³-hybridized carbons (Fsp3) is 0.154. The molecular weight excluding hydrogens is 242 g/mol. The van der Waals surface area contributed by atoms with Gasteiger partial charge in [-0.15, -0.1) is 6.58 Å². The third-order valence-corrected chi connectivity index (χ3v) is 2.58. The lowest BCUT2D eigenvalue weighted by Gasteiger charge is -2.13. The van der Waals surface area contributed by atoms with Crippen molar-refractivity contribution in [3.8, 4) is 5.69 Å². The van der Waals surface area contributed by atoms with E-state index in [2.05, 4.69) is 22.0 Å². The topological polar surface area (TPSA) is 85.8 Å². The van der Waals surface area contributed by atoms with Crippen molar-refractivity contribution < 1.29 is 4.79 Å². The number of hydrogen-bond acceptors (Lipinski definition) is 4. The maximum absolute atomic E-state index is 11.9. The first-order valence-corrected chi connectivity index (χ1v) is 5.83. The van der Waals surface area contributed by atoms with E-state index in [1.807, 2.05) is 18.2 Å². The largest absolute Gasteiger partial charge is 0.323 e. The van der Waals surface area contributed by atoms with E-state index in [1.54, 1.807) is 23.2 Å². The van der Waals surface area contributed by atoms with E-state index in [0.717, 1.165) is 5.69 Å². The maximum Gasteiger partial charge on any atom is 0.241 e. The molecule has 0 bridgehead atoms. The number of para-hydroxylation sites is 2. The Kier molecular flexibility index (Phi) is 4.04. The Balaban J connectivity index is 2.21. The van der Waals surface area contributed by atoms with Crippen molar-refractivity contribution >= 4 is 11.6 Å². The molecule has 0 aliphatic heterocycles. The van der Waals surface area contributed by atoms with Gasteiger partial charge in [-0.25, -0.2) is 9.67 Å². The first-order valence-electron chi connectivity index (χ1n) is 5.83. The van der Waals surface area contributed by atoms with E-state index >= 15 is 0 Å². The molecule has 0 fully saturated rings. The van der Waals surface area contributed by atoms with Crippen LogP contribution in [0.2, 0.25) is 0 Å². The number of aromatic nitrogens is 3. The molecule has 1 unspecified atom stereocenters. The first-order chi connectivity index (χ1) is 9.22. The van der Waals surface area contributed by atoms with Crippen molar-refractivity contribution in [3.63, 3.8) is 0 Å². The van der Waals surface area contributed by atoms with E-state index in [0.29, 0.717) is 12.1 Å². The molecule has 2 rings (SSSR count). The summed E-state index contributed by atoms with van der Waals surface area (Å²) in [5, 5.41) is 6.83. The van der Waals surface area contributed by atoms with Crippen LogP contribution in [0.4, 0.5) is 5.69 Å². The molecule has 1 heterocycles. The summed E-state index contributed by atoms with van der Waals surface area (Å²) in [6, 6.07) is 6.70. The van der Waals surface area contributed by atoms with Crippen LogP contribution in [-0.4, -0.2) is 26.7 Å². The maximum atomic E-state index is 11.9. The highest BCUT2D eigenvalue weighted by Crippen LogP contribution is 2.18. The van der Waals surface area contributed by atoms with Crippen LogP contribution in [0, 0.1) is 0 Å². The van der Waals surface area contributed by atoms with Gasteiger partial charge in [-0.2, -0.15) is 5.10 Å². The Bertz CT molecular complexity index is 564. The summed E-state index contributed by atoms with van der Waals surface area (Å²) < 4.78 is 1.58. The van der Waals surface area contributed by atoms with Crippen molar-refractivity contribution in [2.75, 3.05) is 5.32 Å². The van der Waals surface area contributed by atoms with Gasteiger partial charge in [0, 0.05) is 0 Å². The number of amides is 1. The molecule has 19 heavy (non-hydrogen) atoms. The number of carbonyl (C=O) groups excluding carboxylic acids is 1. The molecule has 0 aliphatic carbocycles. The molecule has 3 N–H and O–H groups in total. The average Bonchev–Trinajstić information content (AvgIpc) is 2.93. The summed E-state index contributed by atoms with van der Waals surface area (Å²) in [4.78, 5) is 15.8. The molecule has 6 heteroatoms. The molecular formula is C13H15N5O. The fourth-order valence-electron chi connectivity index (χ4n) is 1.62. The number of carbonyl (C=O) groups is 1. The summed E-state index contributed by atoms with van der Waals surface area (Å²) >= 11 is 0. The molecule has 1 amide bonds. The second-order valence-electron chi connectivity index (χ2n) is 3.98. The number of hydrogen-bond donors (Lipinski definition) is 2. The number of benzene rings is 1. The van der Waals surface area contributed by atoms with Crippen LogP contribution in [0.5, 0.6) is 0 Å². The van der Waals surface area contributed by atoms with E-state index in [-0.39, 0.29) is 5.91 Å². The minimum atomic E-state index is -0.610. The van der Waals surface area contributed by atoms with Gasteiger partial charge in [-0.05, 0) is 18.6 Å². The monoisotopic (exact) mass is 257 g/mol. The Labute approximate surface area is 111 Å². The van der Waals surface area contributed by atoms with Gasteiger partial charge in [-0.3, -0.25) is 4.79 Å². The normalized spacial score (nSPS) is 11.8. The predicted molar refractivity (Wildman–Crippen MR) is 72.8 cm³/mol. The summed E-state index contributed by atoms with van der Waals surface area (Å²) in [6.45, 7) is 3.57. The van der Waals surface area contributed by atoms with Gasteiger partial charge in [0.2, 0.25) is 5.91 Å². The van der Waals surface area contributed by atoms with Gasteiger partial charge < -0.3 is 11.1 Å². The van der Waals surface area contributed by atoms with E-state index < -0.39 is 6.04 Å². The molecule has 1 atom stereocenters. The molecule has 6 nitrogen and oxygen atoms in total. The van der Waals surface area contributed by atoms with Crippen molar-refractivity contribution in [2.45, 2.75) is 12.5 Å². The lowest BCUT2D eigenvalue weighted by Crippen LogP contribution is -2.35. The van der Waals surface area contributed by atoms with Crippen LogP contribution >= 0.6 is 0 Å². The van der Waals surface area contributed by atoms with Crippen molar-refractivity contribution in [2.24, 2.45) is 5.73 Å². The molecule has 2 aromatic rings. The van der Waals surface area contributed by atoms with Crippen molar-refractivity contribution in [3.05, 3.63) is 49.6 Å². The average molecular weight is 257 g/mol. The van der Waals surface area contributed by atoms with Crippen LogP contribution in [0.25, 0.3) is 5.69 Å². The van der Waals surface area contributed by atoms with Gasteiger partial charge in [0.15, 0.2) is 0 Å². The van der Waals surface area contributed by atoms with Crippen LogP contribution < -0.4 is 11.1 Å². The smallest absolute Gasteiger partial charge is 0.241 e. The van der Waals surface area contributed by atoms with Crippen LogP contribution in [0.1, 0.15) is 6.42 Å². The number of nitrogens with one attached hydrogen (secondary N) is 1. The number of nitrogens with zero attached hydrogens (tertiary/aromatic N) is 3. The summed E-state index contributed by atoms with van der Waals surface area (Å²) in [5.74, 6) is -0.257. The zero-order chi connectivity index (χ0) is 13.7. The minimum absolute atomic E-state index is 0.257. The first kappa shape index (κ1) is 13.0. The molecule has 1 aromatic heterocycles. The molecule has 1 aromatic carbocycles. The van der Waals surface area contributed by atoms with Gasteiger partial charge in [0.05, 0.1) is 17.4 Å². The second kappa shape index (κ2) is 5.92. The van der Waals surface area contributed by atoms with Gasteiger partial charge in [-0.1, -0.05) is 18.2 Å². The van der Waals surface area contributed by atoms with E-state index in [9.17, 15) is 4.79 Å². The molecule has 0 radical (unpaired) electrons. The second-order valence-corrected chi connectivity index (χ2v) is 3.98. The lowest BCUT2D eigenvalue weighted by molar-refractivity contribution is -0.117. The van der Waals surface area contributed by atoms with Gasteiger partial charge in [0.1, 0.15) is 12.7 Å². The summed E-state index contributed by atoms with van der Waals surface area (Å²) in [7, 11) is 0. The van der Waals surface area contributed by atoms with Crippen LogP contribution in [0.15, 0.2) is 49.6 Å². The van der Waals surface area contributed by atoms with Crippen molar-refractivity contribution in [1.29, 1.82) is 0 Å². The van der Waals surface area contributed by atoms with Crippen LogP contribution in [0.3, 0.4) is 0 Å². The fourth-order valence-corrected chi connectivity index (χ4v) is 1.62. The van der Waals surface area contributed by atoms with E-state index in [4.69, 9.17) is 5.73 Å². The zero-order valence-electron chi connectivity index (χ0n) is 10.4. The van der Waals surface area contributed by atoms with Gasteiger partial charge in [0.25, 0.3) is 0 Å². The highest BCUT2D eigenvalue weighted by atomic mass is 16.2. The molecule has 98 valence electrons. The number of rotatable bonds is 5. The summed E-state index contributed by atoms with van der Waals surface area (Å²) in [6.07, 6.45) is 5.04. The Morgan fingerprint density at radius 2 is 2.32 bits per heavy atom. The summed E-state index contributed by atoms with van der Waals surface area (Å²) in [5.41, 5.74) is 7.10.